The normalized spacial score (nSPS) is 10.7. The molecule has 39 heavy (non-hydrogen) atoms. The van der Waals surface area contributed by atoms with Crippen LogP contribution in [-0.4, -0.2) is 62.6 Å². The number of amides is 2. The summed E-state index contributed by atoms with van der Waals surface area (Å²) in [4.78, 5) is 31.8. The standard InChI is InChI=1S/C31H40N2O5S/c1-6-7-16-32(30(34)20-24-8-11-26(36-3)12-9-24)22-31(35)33(21-29-23(2)15-18-39-29)17-14-25-10-13-27(37-4)28(19-25)38-5/h8-13,15,18-19H,6-7,14,16-17,20-22H2,1-5H3. The van der Waals surface area contributed by atoms with Gasteiger partial charge < -0.3 is 24.0 Å². The lowest BCUT2D eigenvalue weighted by Gasteiger charge is -2.28. The first-order valence-corrected chi connectivity index (χ1v) is 14.2. The van der Waals surface area contributed by atoms with Crippen molar-refractivity contribution >= 4 is 23.2 Å². The number of carbonyl (C=O) groups excluding carboxylic acids is 2. The number of unbranched alkanes of at least 4 members (excludes halogenated alkanes) is 1. The van der Waals surface area contributed by atoms with Gasteiger partial charge in [0.15, 0.2) is 11.5 Å². The smallest absolute Gasteiger partial charge is 0.242 e. The maximum atomic E-state index is 13.7. The van der Waals surface area contributed by atoms with Crippen LogP contribution in [0, 0.1) is 6.92 Å². The van der Waals surface area contributed by atoms with E-state index in [1.165, 1.54) is 5.56 Å². The highest BCUT2D eigenvalue weighted by atomic mass is 32.1. The number of carbonyl (C=O) groups is 2. The molecule has 0 radical (unpaired) electrons. The lowest BCUT2D eigenvalue weighted by molar-refractivity contribution is -0.140. The second kappa shape index (κ2) is 15.2. The van der Waals surface area contributed by atoms with Gasteiger partial charge in [0.1, 0.15) is 5.75 Å². The first kappa shape index (κ1) is 30.0. The number of hydrogen-bond donors (Lipinski definition) is 0. The molecule has 0 spiro atoms. The van der Waals surface area contributed by atoms with Crippen LogP contribution in [0.15, 0.2) is 53.9 Å². The average Bonchev–Trinajstić information content (AvgIpc) is 3.37. The molecule has 3 aromatic rings. The Kier molecular flexibility index (Phi) is 11.7. The maximum absolute atomic E-state index is 13.7. The molecule has 0 aliphatic carbocycles. The van der Waals surface area contributed by atoms with Crippen LogP contribution in [0.3, 0.4) is 0 Å². The van der Waals surface area contributed by atoms with E-state index in [0.29, 0.717) is 37.6 Å². The van der Waals surface area contributed by atoms with E-state index < -0.39 is 0 Å². The number of rotatable bonds is 15. The summed E-state index contributed by atoms with van der Waals surface area (Å²) in [7, 11) is 4.85. The Hall–Kier alpha value is -3.52. The highest BCUT2D eigenvalue weighted by molar-refractivity contribution is 7.10. The van der Waals surface area contributed by atoms with Crippen molar-refractivity contribution in [1.29, 1.82) is 0 Å². The zero-order valence-electron chi connectivity index (χ0n) is 23.7. The Bertz CT molecular complexity index is 1210. The zero-order chi connectivity index (χ0) is 28.2. The molecule has 7 nitrogen and oxygen atoms in total. The van der Waals surface area contributed by atoms with Gasteiger partial charge in [0.05, 0.1) is 40.8 Å². The van der Waals surface area contributed by atoms with E-state index in [1.54, 1.807) is 37.6 Å². The van der Waals surface area contributed by atoms with Gasteiger partial charge in [0.2, 0.25) is 11.8 Å². The zero-order valence-corrected chi connectivity index (χ0v) is 24.5. The molecule has 0 N–H and O–H groups in total. The van der Waals surface area contributed by atoms with Gasteiger partial charge in [-0.15, -0.1) is 11.3 Å². The Morgan fingerprint density at radius 3 is 2.15 bits per heavy atom. The van der Waals surface area contributed by atoms with Crippen molar-refractivity contribution in [3.8, 4) is 17.2 Å². The highest BCUT2D eigenvalue weighted by Crippen LogP contribution is 2.28. The lowest BCUT2D eigenvalue weighted by atomic mass is 10.1. The maximum Gasteiger partial charge on any atom is 0.242 e. The molecule has 2 amide bonds. The predicted octanol–water partition coefficient (Wildman–Crippen LogP) is 5.53. The molecule has 0 saturated carbocycles. The molecule has 0 aliphatic heterocycles. The fourth-order valence-corrected chi connectivity index (χ4v) is 5.19. The number of hydrogen-bond acceptors (Lipinski definition) is 6. The number of aryl methyl sites for hydroxylation is 1. The third-order valence-corrected chi connectivity index (χ3v) is 7.76. The summed E-state index contributed by atoms with van der Waals surface area (Å²) in [5.41, 5.74) is 3.11. The van der Waals surface area contributed by atoms with Crippen molar-refractivity contribution in [2.45, 2.75) is 46.1 Å². The largest absolute Gasteiger partial charge is 0.497 e. The minimum absolute atomic E-state index is 0.0471. The fraction of sp³-hybridized carbons (Fsp3) is 0.419. The van der Waals surface area contributed by atoms with E-state index in [0.717, 1.165) is 34.6 Å². The summed E-state index contributed by atoms with van der Waals surface area (Å²) in [6.45, 7) is 5.81. The molecule has 1 heterocycles. The molecular weight excluding hydrogens is 512 g/mol. The van der Waals surface area contributed by atoms with Crippen LogP contribution in [-0.2, 0) is 29.0 Å². The van der Waals surface area contributed by atoms with E-state index in [4.69, 9.17) is 14.2 Å². The summed E-state index contributed by atoms with van der Waals surface area (Å²) < 4.78 is 16.0. The molecule has 2 aromatic carbocycles. The highest BCUT2D eigenvalue weighted by Gasteiger charge is 2.22. The van der Waals surface area contributed by atoms with Crippen molar-refractivity contribution in [3.63, 3.8) is 0 Å². The van der Waals surface area contributed by atoms with Gasteiger partial charge >= 0.3 is 0 Å². The van der Waals surface area contributed by atoms with Crippen LogP contribution in [0.25, 0.3) is 0 Å². The fourth-order valence-electron chi connectivity index (χ4n) is 4.27. The quantitative estimate of drug-likeness (QED) is 0.248. The van der Waals surface area contributed by atoms with Crippen LogP contribution in [0.2, 0.25) is 0 Å². The minimum atomic E-state index is -0.0533. The van der Waals surface area contributed by atoms with Gasteiger partial charge in [-0.1, -0.05) is 31.5 Å². The van der Waals surface area contributed by atoms with Crippen LogP contribution in [0.1, 0.15) is 41.3 Å². The number of benzene rings is 2. The van der Waals surface area contributed by atoms with E-state index in [9.17, 15) is 9.59 Å². The molecule has 0 bridgehead atoms. The van der Waals surface area contributed by atoms with Crippen LogP contribution < -0.4 is 14.2 Å². The molecule has 3 rings (SSSR count). The average molecular weight is 553 g/mol. The van der Waals surface area contributed by atoms with Gasteiger partial charge in [0.25, 0.3) is 0 Å². The second-order valence-corrected chi connectivity index (χ2v) is 10.5. The van der Waals surface area contributed by atoms with Gasteiger partial charge in [0, 0.05) is 18.0 Å². The minimum Gasteiger partial charge on any atom is -0.497 e. The lowest BCUT2D eigenvalue weighted by Crippen LogP contribution is -2.44. The van der Waals surface area contributed by atoms with Gasteiger partial charge in [-0.25, -0.2) is 0 Å². The molecule has 0 unspecified atom stereocenters. The van der Waals surface area contributed by atoms with E-state index in [1.807, 2.05) is 52.7 Å². The third-order valence-electron chi connectivity index (χ3n) is 6.75. The molecule has 210 valence electrons. The summed E-state index contributed by atoms with van der Waals surface area (Å²) in [5, 5.41) is 2.05. The molecule has 0 atom stereocenters. The van der Waals surface area contributed by atoms with Crippen molar-refractivity contribution in [2.75, 3.05) is 41.0 Å². The number of ether oxygens (including phenoxy) is 3. The molecule has 1 aromatic heterocycles. The number of nitrogens with zero attached hydrogens (tertiary/aromatic N) is 2. The Labute approximate surface area is 236 Å². The van der Waals surface area contributed by atoms with Gasteiger partial charge in [-0.2, -0.15) is 0 Å². The van der Waals surface area contributed by atoms with Crippen molar-refractivity contribution in [1.82, 2.24) is 9.80 Å². The number of methoxy groups -OCH3 is 3. The summed E-state index contributed by atoms with van der Waals surface area (Å²) >= 11 is 1.65. The molecule has 0 fully saturated rings. The molecule has 0 aliphatic rings. The third kappa shape index (κ3) is 8.75. The predicted molar refractivity (Wildman–Crippen MR) is 156 cm³/mol. The Morgan fingerprint density at radius 2 is 1.54 bits per heavy atom. The van der Waals surface area contributed by atoms with Crippen LogP contribution in [0.4, 0.5) is 0 Å². The summed E-state index contributed by atoms with van der Waals surface area (Å²) in [6.07, 6.45) is 2.69. The van der Waals surface area contributed by atoms with E-state index in [-0.39, 0.29) is 24.8 Å². The molecular formula is C31H40N2O5S. The summed E-state index contributed by atoms with van der Waals surface area (Å²) in [5.74, 6) is 1.98. The second-order valence-electron chi connectivity index (χ2n) is 9.48. The first-order valence-electron chi connectivity index (χ1n) is 13.3. The number of thiophene rings is 1. The molecule has 8 heteroatoms. The van der Waals surface area contributed by atoms with Crippen molar-refractivity contribution in [3.05, 3.63) is 75.5 Å². The molecule has 0 saturated heterocycles. The monoisotopic (exact) mass is 552 g/mol. The van der Waals surface area contributed by atoms with Gasteiger partial charge in [-0.3, -0.25) is 9.59 Å². The van der Waals surface area contributed by atoms with Crippen LogP contribution >= 0.6 is 11.3 Å². The van der Waals surface area contributed by atoms with Gasteiger partial charge in [-0.05, 0) is 72.2 Å². The van der Waals surface area contributed by atoms with E-state index >= 15 is 0 Å². The Balaban J connectivity index is 1.75. The van der Waals surface area contributed by atoms with Crippen molar-refractivity contribution < 1.29 is 23.8 Å². The SMILES string of the molecule is CCCCN(CC(=O)N(CCc1ccc(OC)c(OC)c1)Cc1sccc1C)C(=O)Cc1ccc(OC)cc1. The topological polar surface area (TPSA) is 68.3 Å². The first-order chi connectivity index (χ1) is 18.9. The van der Waals surface area contributed by atoms with E-state index in [2.05, 4.69) is 19.9 Å². The van der Waals surface area contributed by atoms with Crippen molar-refractivity contribution in [2.24, 2.45) is 0 Å². The summed E-state index contributed by atoms with van der Waals surface area (Å²) in [6, 6.07) is 15.4. The van der Waals surface area contributed by atoms with Crippen LogP contribution in [0.5, 0.6) is 17.2 Å². The Morgan fingerprint density at radius 1 is 0.821 bits per heavy atom.